The third kappa shape index (κ3) is 8.81. The van der Waals surface area contributed by atoms with Crippen LogP contribution >= 0.6 is 23.1 Å². The molecule has 0 bridgehead atoms. The van der Waals surface area contributed by atoms with Crippen LogP contribution in [0.5, 0.6) is 5.75 Å². The van der Waals surface area contributed by atoms with Crippen LogP contribution in [0.15, 0.2) is 87.4 Å². The molecule has 2 aliphatic heterocycles. The molecular formula is C43H49BrN11O4P. The first-order chi connectivity index (χ1) is 28.8. The third-order valence-corrected chi connectivity index (χ3v) is 13.5. The summed E-state index contributed by atoms with van der Waals surface area (Å²) in [6, 6.07) is 15.3. The van der Waals surface area contributed by atoms with Crippen molar-refractivity contribution in [2.24, 2.45) is 5.92 Å². The molecule has 6 aromatic rings. The van der Waals surface area contributed by atoms with E-state index in [1.165, 1.54) is 22.5 Å². The largest absolute Gasteiger partial charge is 0.494 e. The maximum atomic E-state index is 13.5. The molecule has 0 aliphatic carbocycles. The molecule has 5 heterocycles. The van der Waals surface area contributed by atoms with E-state index in [4.69, 9.17) is 9.72 Å². The predicted molar refractivity (Wildman–Crippen MR) is 244 cm³/mol. The highest BCUT2D eigenvalue weighted by atomic mass is 79.9. The van der Waals surface area contributed by atoms with Gasteiger partial charge >= 0.3 is 5.69 Å². The summed E-state index contributed by atoms with van der Waals surface area (Å²) in [6.07, 6.45) is 8.69. The fourth-order valence-corrected chi connectivity index (χ4v) is 10.1. The van der Waals surface area contributed by atoms with Gasteiger partial charge in [-0.15, -0.1) is 0 Å². The van der Waals surface area contributed by atoms with Gasteiger partial charge in [-0.25, -0.2) is 9.78 Å². The lowest BCUT2D eigenvalue weighted by Crippen LogP contribution is -2.49. The number of anilines is 6. The van der Waals surface area contributed by atoms with Gasteiger partial charge < -0.3 is 29.7 Å². The number of H-pyrrole nitrogens is 1. The Balaban J connectivity index is 0.877. The minimum absolute atomic E-state index is 0.373. The number of fused-ring (bicyclic) bond motifs is 1. The summed E-state index contributed by atoms with van der Waals surface area (Å²) in [6.45, 7) is 14.6. The van der Waals surface area contributed by atoms with Crippen LogP contribution in [0.3, 0.4) is 0 Å². The van der Waals surface area contributed by atoms with E-state index in [-0.39, 0.29) is 0 Å². The van der Waals surface area contributed by atoms with Gasteiger partial charge in [-0.2, -0.15) is 4.98 Å². The maximum absolute atomic E-state index is 13.5. The number of nitrogens with one attached hydrogen (secondary N) is 3. The summed E-state index contributed by atoms with van der Waals surface area (Å²) in [5.74, 6) is 2.21. The summed E-state index contributed by atoms with van der Waals surface area (Å²) in [4.78, 5) is 51.9. The molecule has 0 atom stereocenters. The van der Waals surface area contributed by atoms with Gasteiger partial charge in [0.15, 0.2) is 0 Å². The monoisotopic (exact) mass is 893 g/mol. The summed E-state index contributed by atoms with van der Waals surface area (Å²) in [5.41, 5.74) is 7.12. The zero-order valence-electron chi connectivity index (χ0n) is 34.4. The van der Waals surface area contributed by atoms with Crippen molar-refractivity contribution in [3.05, 3.63) is 110 Å². The first kappa shape index (κ1) is 41.2. The van der Waals surface area contributed by atoms with Gasteiger partial charge in [0.1, 0.15) is 24.2 Å². The molecular weight excluding hydrogens is 845 g/mol. The molecule has 2 aliphatic rings. The van der Waals surface area contributed by atoms with Crippen LogP contribution in [0, 0.1) is 19.8 Å². The average Bonchev–Trinajstić information content (AvgIpc) is 3.22. The number of aromatic amines is 1. The number of aromatic nitrogens is 6. The van der Waals surface area contributed by atoms with Gasteiger partial charge in [0.05, 0.1) is 39.5 Å². The van der Waals surface area contributed by atoms with Crippen LogP contribution in [0.1, 0.15) is 24.0 Å². The SMILES string of the molecule is COc1cc(N2CCN(CC3CCN(c4ccc(-n5ccc(=O)[nH]c5=O)cc4C)CC3)CC2)c(C)cc1Nc1ncc(Br)c(Nc2ccc3nccnc3c2P(C)(C)=O)n1. The van der Waals surface area contributed by atoms with E-state index in [0.717, 1.165) is 86.8 Å². The maximum Gasteiger partial charge on any atom is 0.332 e. The van der Waals surface area contributed by atoms with Crippen LogP contribution in [-0.4, -0.2) is 101 Å². The quantitative estimate of drug-likeness (QED) is 0.122. The molecule has 312 valence electrons. The molecule has 0 unspecified atom stereocenters. The van der Waals surface area contributed by atoms with Crippen molar-refractivity contribution in [2.45, 2.75) is 26.7 Å². The van der Waals surface area contributed by atoms with Crippen molar-refractivity contribution in [3.63, 3.8) is 0 Å². The fourth-order valence-electron chi connectivity index (χ4n) is 8.37. The number of rotatable bonds is 11. The molecule has 0 saturated carbocycles. The molecule has 60 heavy (non-hydrogen) atoms. The molecule has 3 aromatic heterocycles. The van der Waals surface area contributed by atoms with Gasteiger partial charge in [-0.1, -0.05) is 0 Å². The van der Waals surface area contributed by atoms with E-state index in [9.17, 15) is 14.2 Å². The molecule has 8 rings (SSSR count). The van der Waals surface area contributed by atoms with E-state index in [0.29, 0.717) is 49.9 Å². The number of piperazine rings is 1. The molecule has 0 amide bonds. The number of ether oxygens (including phenoxy) is 1. The molecule has 2 saturated heterocycles. The number of piperidine rings is 1. The highest BCUT2D eigenvalue weighted by Crippen LogP contribution is 2.42. The highest BCUT2D eigenvalue weighted by Gasteiger charge is 2.27. The Kier molecular flexibility index (Phi) is 11.8. The van der Waals surface area contributed by atoms with Gasteiger partial charge in [-0.3, -0.25) is 29.2 Å². The van der Waals surface area contributed by atoms with Crippen LogP contribution in [-0.2, 0) is 4.57 Å². The lowest BCUT2D eigenvalue weighted by Gasteiger charge is -2.40. The molecule has 2 fully saturated rings. The Morgan fingerprint density at radius 1 is 0.850 bits per heavy atom. The number of aryl methyl sites for hydroxylation is 2. The zero-order chi connectivity index (χ0) is 42.1. The lowest BCUT2D eigenvalue weighted by atomic mass is 9.95. The number of hydrogen-bond acceptors (Lipinski definition) is 13. The Hall–Kier alpha value is -5.57. The van der Waals surface area contributed by atoms with E-state index in [1.807, 2.05) is 24.3 Å². The number of hydrogen-bond donors (Lipinski definition) is 3. The number of nitrogens with zero attached hydrogens (tertiary/aromatic N) is 8. The number of benzene rings is 3. The summed E-state index contributed by atoms with van der Waals surface area (Å²) in [5, 5.41) is 7.35. The second-order valence-electron chi connectivity index (χ2n) is 15.9. The first-order valence-corrected chi connectivity index (χ1v) is 23.4. The summed E-state index contributed by atoms with van der Waals surface area (Å²) < 4.78 is 21.5. The smallest absolute Gasteiger partial charge is 0.332 e. The van der Waals surface area contributed by atoms with E-state index >= 15 is 0 Å². The van der Waals surface area contributed by atoms with Crippen LogP contribution in [0.4, 0.5) is 34.5 Å². The van der Waals surface area contributed by atoms with Crippen molar-refractivity contribution >= 4 is 73.9 Å². The number of halogens is 1. The Bertz CT molecular complexity index is 2720. The van der Waals surface area contributed by atoms with Crippen molar-refractivity contribution in [3.8, 4) is 11.4 Å². The molecule has 3 N–H and O–H groups in total. The van der Waals surface area contributed by atoms with Crippen molar-refractivity contribution in [1.29, 1.82) is 0 Å². The van der Waals surface area contributed by atoms with Crippen LogP contribution in [0.25, 0.3) is 16.7 Å². The predicted octanol–water partition coefficient (Wildman–Crippen LogP) is 6.42. The number of methoxy groups -OCH3 is 1. The molecule has 0 spiro atoms. The van der Waals surface area contributed by atoms with Gasteiger partial charge in [0.2, 0.25) is 5.95 Å². The molecule has 15 nitrogen and oxygen atoms in total. The van der Waals surface area contributed by atoms with Crippen LogP contribution in [0.2, 0.25) is 0 Å². The van der Waals surface area contributed by atoms with Crippen molar-refractivity contribution in [2.75, 3.05) is 86.7 Å². The standard InChI is InChI=1S/C43H49BrN11O4P/c1-27-22-30(55-17-12-38(56)50-43(55)57)6-9-35(27)53-15-10-29(11-16-53)26-52-18-20-54(21-19-52)36-24-37(59-3)34(23-28(36)2)49-42-47-25-31(44)41(51-42)48-33-8-7-32-39(46-14-13-45-32)40(33)60(4,5)58/h6-9,12-14,17,22-25,29H,10-11,15-16,18-21,26H2,1-5H3,(H,50,56,57)(H2,47,48,49,51). The summed E-state index contributed by atoms with van der Waals surface area (Å²) in [7, 11) is -1.10. The minimum atomic E-state index is -2.77. The van der Waals surface area contributed by atoms with Crippen molar-refractivity contribution < 1.29 is 9.30 Å². The molecule has 0 radical (unpaired) electrons. The fraction of sp³-hybridized carbons (Fsp3) is 0.349. The van der Waals surface area contributed by atoms with Crippen LogP contribution < -0.4 is 41.7 Å². The van der Waals surface area contributed by atoms with E-state index in [2.05, 4.69) is 93.2 Å². The minimum Gasteiger partial charge on any atom is -0.494 e. The first-order valence-electron chi connectivity index (χ1n) is 20.0. The lowest BCUT2D eigenvalue weighted by molar-refractivity contribution is 0.201. The highest BCUT2D eigenvalue weighted by molar-refractivity contribution is 9.10. The topological polar surface area (TPSA) is 166 Å². The summed E-state index contributed by atoms with van der Waals surface area (Å²) >= 11 is 3.59. The van der Waals surface area contributed by atoms with E-state index < -0.39 is 18.4 Å². The van der Waals surface area contributed by atoms with Crippen molar-refractivity contribution in [1.82, 2.24) is 34.4 Å². The second-order valence-corrected chi connectivity index (χ2v) is 19.9. The Morgan fingerprint density at radius 2 is 1.58 bits per heavy atom. The molecule has 3 aromatic carbocycles. The van der Waals surface area contributed by atoms with E-state index in [1.54, 1.807) is 39.0 Å². The Labute approximate surface area is 356 Å². The Morgan fingerprint density at radius 3 is 2.30 bits per heavy atom. The van der Waals surface area contributed by atoms with Gasteiger partial charge in [0.25, 0.3) is 5.56 Å². The normalized spacial score (nSPS) is 15.4. The van der Waals surface area contributed by atoms with Gasteiger partial charge in [-0.05, 0) is 109 Å². The molecule has 17 heteroatoms. The van der Waals surface area contributed by atoms with Gasteiger partial charge in [0, 0.05) is 94.1 Å². The second kappa shape index (κ2) is 17.2. The third-order valence-electron chi connectivity index (χ3n) is 11.4. The average molecular weight is 895 g/mol. The zero-order valence-corrected chi connectivity index (χ0v) is 36.9.